The van der Waals surface area contributed by atoms with Crippen LogP contribution in [-0.4, -0.2) is 19.7 Å². The molecule has 118 valence electrons. The number of imidazole rings is 1. The summed E-state index contributed by atoms with van der Waals surface area (Å²) in [6, 6.07) is 12.5. The molecule has 0 saturated carbocycles. The summed E-state index contributed by atoms with van der Waals surface area (Å²) in [6.45, 7) is -0.134. The van der Waals surface area contributed by atoms with Gasteiger partial charge in [-0.15, -0.1) is 0 Å². The van der Waals surface area contributed by atoms with Crippen LogP contribution < -0.4 is 5.56 Å². The van der Waals surface area contributed by atoms with Crippen molar-refractivity contribution < 1.29 is 9.18 Å². The second kappa shape index (κ2) is 5.42. The van der Waals surface area contributed by atoms with Gasteiger partial charge in [-0.3, -0.25) is 18.6 Å². The average Bonchev–Trinajstić information content (AvgIpc) is 3.09. The summed E-state index contributed by atoms with van der Waals surface area (Å²) in [4.78, 5) is 29.3. The molecule has 0 saturated heterocycles. The number of carbonyl (C=O) groups excluding carboxylic acids is 1. The number of rotatable bonds is 3. The van der Waals surface area contributed by atoms with Crippen LogP contribution in [0, 0.1) is 5.82 Å². The highest BCUT2D eigenvalue weighted by atomic mass is 19.1. The van der Waals surface area contributed by atoms with Crippen molar-refractivity contribution in [3.8, 4) is 0 Å². The first-order valence-electron chi connectivity index (χ1n) is 7.37. The normalized spacial score (nSPS) is 11.2. The lowest BCUT2D eigenvalue weighted by Crippen LogP contribution is -2.26. The predicted molar refractivity (Wildman–Crippen MR) is 87.7 cm³/mol. The molecule has 6 heteroatoms. The minimum Gasteiger partial charge on any atom is -0.292 e. The first kappa shape index (κ1) is 14.3. The van der Waals surface area contributed by atoms with Crippen LogP contribution in [0.25, 0.3) is 16.6 Å². The van der Waals surface area contributed by atoms with Crippen molar-refractivity contribution in [2.45, 2.75) is 6.54 Å². The molecule has 0 amide bonds. The number of aromatic nitrogens is 3. The van der Waals surface area contributed by atoms with Crippen molar-refractivity contribution in [2.75, 3.05) is 0 Å². The number of para-hydroxylation sites is 1. The zero-order valence-electron chi connectivity index (χ0n) is 12.5. The van der Waals surface area contributed by atoms with Crippen molar-refractivity contribution in [1.82, 2.24) is 14.0 Å². The Morgan fingerprint density at radius 1 is 1.08 bits per heavy atom. The van der Waals surface area contributed by atoms with Crippen LogP contribution in [0.3, 0.4) is 0 Å². The molecule has 4 rings (SSSR count). The molecule has 0 radical (unpaired) electrons. The highest BCUT2D eigenvalue weighted by Gasteiger charge is 2.14. The number of benzene rings is 2. The molecule has 2 aromatic carbocycles. The fourth-order valence-corrected chi connectivity index (χ4v) is 2.81. The third-order valence-corrected chi connectivity index (χ3v) is 4.00. The van der Waals surface area contributed by atoms with E-state index in [1.165, 1.54) is 28.8 Å². The monoisotopic (exact) mass is 321 g/mol. The highest BCUT2D eigenvalue weighted by Crippen LogP contribution is 2.14. The van der Waals surface area contributed by atoms with Crippen molar-refractivity contribution in [2.24, 2.45) is 0 Å². The van der Waals surface area contributed by atoms with Crippen LogP contribution in [0.15, 0.2) is 65.8 Å². The molecular formula is C18H12FN3O2. The number of hydrogen-bond donors (Lipinski definition) is 0. The average molecular weight is 321 g/mol. The lowest BCUT2D eigenvalue weighted by atomic mass is 10.1. The maximum Gasteiger partial charge on any atom is 0.262 e. The van der Waals surface area contributed by atoms with E-state index >= 15 is 0 Å². The van der Waals surface area contributed by atoms with E-state index in [-0.39, 0.29) is 17.9 Å². The Kier molecular flexibility index (Phi) is 3.23. The van der Waals surface area contributed by atoms with Gasteiger partial charge in [0.2, 0.25) is 0 Å². The first-order valence-corrected chi connectivity index (χ1v) is 7.37. The van der Waals surface area contributed by atoms with E-state index in [0.717, 1.165) is 5.52 Å². The van der Waals surface area contributed by atoms with Crippen LogP contribution in [0.5, 0.6) is 0 Å². The number of hydrogen-bond acceptors (Lipinski definition) is 3. The second-order valence-electron chi connectivity index (χ2n) is 5.46. The Balaban J connectivity index is 1.88. The Morgan fingerprint density at radius 3 is 2.62 bits per heavy atom. The number of nitrogens with zero attached hydrogens (tertiary/aromatic N) is 3. The molecule has 0 atom stereocenters. The van der Waals surface area contributed by atoms with E-state index in [0.29, 0.717) is 16.6 Å². The summed E-state index contributed by atoms with van der Waals surface area (Å²) < 4.78 is 16.2. The molecule has 5 nitrogen and oxygen atoms in total. The SMILES string of the molecule is O=C(Cn1c(=O)c2ccccc2n2cncc12)c1ccc(F)cc1. The second-order valence-corrected chi connectivity index (χ2v) is 5.46. The largest absolute Gasteiger partial charge is 0.292 e. The van der Waals surface area contributed by atoms with Gasteiger partial charge in [-0.05, 0) is 36.4 Å². The van der Waals surface area contributed by atoms with Gasteiger partial charge in [-0.2, -0.15) is 0 Å². The fraction of sp³-hybridized carbons (Fsp3) is 0.0556. The molecule has 0 unspecified atom stereocenters. The van der Waals surface area contributed by atoms with Crippen LogP contribution >= 0.6 is 0 Å². The smallest absolute Gasteiger partial charge is 0.262 e. The van der Waals surface area contributed by atoms with Crippen molar-refractivity contribution in [1.29, 1.82) is 0 Å². The molecule has 0 spiro atoms. The highest BCUT2D eigenvalue weighted by molar-refractivity contribution is 5.96. The predicted octanol–water partition coefficient (Wildman–Crippen LogP) is 2.67. The maximum atomic E-state index is 13.0. The summed E-state index contributed by atoms with van der Waals surface area (Å²) in [5.41, 5.74) is 1.37. The number of carbonyl (C=O) groups is 1. The molecular weight excluding hydrogens is 309 g/mol. The van der Waals surface area contributed by atoms with E-state index in [1.807, 2.05) is 12.1 Å². The van der Waals surface area contributed by atoms with Gasteiger partial charge in [0.1, 0.15) is 17.8 Å². The van der Waals surface area contributed by atoms with Crippen LogP contribution in [-0.2, 0) is 6.54 Å². The zero-order valence-corrected chi connectivity index (χ0v) is 12.5. The van der Waals surface area contributed by atoms with E-state index in [1.54, 1.807) is 29.1 Å². The number of fused-ring (bicyclic) bond motifs is 3. The van der Waals surface area contributed by atoms with Crippen LogP contribution in [0.4, 0.5) is 4.39 Å². The number of ketones is 1. The summed E-state index contributed by atoms with van der Waals surface area (Å²) in [5, 5.41) is 0.509. The van der Waals surface area contributed by atoms with Gasteiger partial charge >= 0.3 is 0 Å². The molecule has 24 heavy (non-hydrogen) atoms. The Hall–Kier alpha value is -3.28. The maximum absolute atomic E-state index is 13.0. The molecule has 0 aliphatic heterocycles. The standard InChI is InChI=1S/C18H12FN3O2/c19-13-7-5-12(6-8-13)16(23)10-21-17-9-20-11-22(17)15-4-2-1-3-14(15)18(21)24/h1-9,11H,10H2. The molecule has 0 bridgehead atoms. The van der Waals surface area contributed by atoms with Gasteiger partial charge < -0.3 is 0 Å². The Morgan fingerprint density at radius 2 is 1.83 bits per heavy atom. The van der Waals surface area contributed by atoms with Crippen molar-refractivity contribution in [3.05, 3.63) is 82.8 Å². The molecule has 2 heterocycles. The van der Waals surface area contributed by atoms with Gasteiger partial charge in [0, 0.05) is 5.56 Å². The first-order chi connectivity index (χ1) is 11.6. The van der Waals surface area contributed by atoms with Gasteiger partial charge in [0.25, 0.3) is 5.56 Å². The Bertz CT molecular complexity index is 1130. The molecule has 0 aliphatic carbocycles. The topological polar surface area (TPSA) is 56.4 Å². The van der Waals surface area contributed by atoms with E-state index in [4.69, 9.17) is 0 Å². The van der Waals surface area contributed by atoms with Crippen molar-refractivity contribution >= 4 is 22.3 Å². The van der Waals surface area contributed by atoms with Gasteiger partial charge in [0.05, 0.1) is 23.6 Å². The molecule has 0 fully saturated rings. The number of halogens is 1. The quantitative estimate of drug-likeness (QED) is 0.545. The van der Waals surface area contributed by atoms with E-state index < -0.39 is 5.82 Å². The summed E-state index contributed by atoms with van der Waals surface area (Å²) >= 11 is 0. The molecule has 0 N–H and O–H groups in total. The summed E-state index contributed by atoms with van der Waals surface area (Å²) in [6.07, 6.45) is 3.15. The third kappa shape index (κ3) is 2.20. The van der Waals surface area contributed by atoms with Crippen LogP contribution in [0.2, 0.25) is 0 Å². The Labute approximate surface area is 135 Å². The van der Waals surface area contributed by atoms with E-state index in [9.17, 15) is 14.0 Å². The molecule has 0 aliphatic rings. The van der Waals surface area contributed by atoms with Gasteiger partial charge in [-0.25, -0.2) is 9.37 Å². The van der Waals surface area contributed by atoms with Crippen LogP contribution in [0.1, 0.15) is 10.4 Å². The minimum absolute atomic E-state index is 0.134. The lowest BCUT2D eigenvalue weighted by molar-refractivity contribution is 0.0972. The lowest BCUT2D eigenvalue weighted by Gasteiger charge is -2.10. The molecule has 2 aromatic heterocycles. The minimum atomic E-state index is -0.410. The summed E-state index contributed by atoms with van der Waals surface area (Å²) in [7, 11) is 0. The van der Waals surface area contributed by atoms with Crippen molar-refractivity contribution in [3.63, 3.8) is 0 Å². The zero-order chi connectivity index (χ0) is 16.7. The van der Waals surface area contributed by atoms with Gasteiger partial charge in [0.15, 0.2) is 5.78 Å². The molecule has 4 aromatic rings. The van der Waals surface area contributed by atoms with Gasteiger partial charge in [-0.1, -0.05) is 12.1 Å². The third-order valence-electron chi connectivity index (χ3n) is 4.00. The number of Topliss-reactive ketones (excluding diaryl/α,β-unsaturated/α-hetero) is 1. The fourth-order valence-electron chi connectivity index (χ4n) is 2.81. The summed E-state index contributed by atoms with van der Waals surface area (Å²) in [5.74, 6) is -0.678. The van der Waals surface area contributed by atoms with E-state index in [2.05, 4.69) is 4.98 Å².